The molecule has 23 heavy (non-hydrogen) atoms. The smallest absolute Gasteiger partial charge is 0.191 e. The third-order valence-corrected chi connectivity index (χ3v) is 4.55. The molecule has 2 aromatic rings. The summed E-state index contributed by atoms with van der Waals surface area (Å²) in [7, 11) is 1.73. The first-order valence-corrected chi connectivity index (χ1v) is 8.58. The molecule has 0 saturated carbocycles. The number of hydrogen-bond donors (Lipinski definition) is 2. The summed E-state index contributed by atoms with van der Waals surface area (Å²) in [6.45, 7) is 5.54. The Morgan fingerprint density at radius 3 is 2.83 bits per heavy atom. The number of thiazole rings is 1. The van der Waals surface area contributed by atoms with E-state index in [1.54, 1.807) is 24.5 Å². The molecule has 0 aliphatic rings. The van der Waals surface area contributed by atoms with Crippen molar-refractivity contribution >= 4 is 17.3 Å². The molecule has 0 fully saturated rings. The number of hydrogen-bond acceptors (Lipinski definition) is 3. The average molecular weight is 334 g/mol. The largest absolute Gasteiger partial charge is 0.356 e. The average Bonchev–Trinajstić information content (AvgIpc) is 2.90. The van der Waals surface area contributed by atoms with Gasteiger partial charge in [0, 0.05) is 31.4 Å². The molecule has 0 atom stereocenters. The first kappa shape index (κ1) is 17.4. The SMILES string of the molecule is CCc1nc(CCNC(=NC)NCc2cccc(F)c2)sc1C. The maximum atomic E-state index is 13.1. The molecule has 0 aliphatic carbocycles. The highest BCUT2D eigenvalue weighted by Crippen LogP contribution is 2.17. The van der Waals surface area contributed by atoms with Gasteiger partial charge in [0.05, 0.1) is 10.7 Å². The van der Waals surface area contributed by atoms with Crippen molar-refractivity contribution in [3.63, 3.8) is 0 Å². The molecule has 0 saturated heterocycles. The van der Waals surface area contributed by atoms with Crippen LogP contribution in [0.2, 0.25) is 0 Å². The van der Waals surface area contributed by atoms with Crippen LogP contribution in [0.15, 0.2) is 29.3 Å². The van der Waals surface area contributed by atoms with Crippen molar-refractivity contribution < 1.29 is 4.39 Å². The van der Waals surface area contributed by atoms with Crippen LogP contribution in [-0.4, -0.2) is 24.5 Å². The predicted molar refractivity (Wildman–Crippen MR) is 94.5 cm³/mol. The second kappa shape index (κ2) is 8.62. The Balaban J connectivity index is 1.78. The molecule has 1 aromatic heterocycles. The lowest BCUT2D eigenvalue weighted by Gasteiger charge is -2.11. The summed E-state index contributed by atoms with van der Waals surface area (Å²) < 4.78 is 13.1. The van der Waals surface area contributed by atoms with E-state index in [1.165, 1.54) is 22.7 Å². The zero-order chi connectivity index (χ0) is 16.7. The molecule has 1 aromatic carbocycles. The van der Waals surface area contributed by atoms with Gasteiger partial charge >= 0.3 is 0 Å². The summed E-state index contributed by atoms with van der Waals surface area (Å²) in [6.07, 6.45) is 1.85. The second-order valence-electron chi connectivity index (χ2n) is 5.20. The van der Waals surface area contributed by atoms with Crippen molar-refractivity contribution in [3.05, 3.63) is 51.2 Å². The molecule has 0 unspecified atom stereocenters. The Hall–Kier alpha value is -1.95. The molecule has 1 heterocycles. The highest BCUT2D eigenvalue weighted by molar-refractivity contribution is 7.11. The molecule has 0 bridgehead atoms. The van der Waals surface area contributed by atoms with Crippen molar-refractivity contribution in [3.8, 4) is 0 Å². The molecular formula is C17H23FN4S. The summed E-state index contributed by atoms with van der Waals surface area (Å²) in [4.78, 5) is 10.1. The number of aryl methyl sites for hydroxylation is 2. The van der Waals surface area contributed by atoms with E-state index >= 15 is 0 Å². The van der Waals surface area contributed by atoms with Gasteiger partial charge in [-0.3, -0.25) is 4.99 Å². The van der Waals surface area contributed by atoms with Crippen LogP contribution in [0, 0.1) is 12.7 Å². The highest BCUT2D eigenvalue weighted by atomic mass is 32.1. The summed E-state index contributed by atoms with van der Waals surface area (Å²) in [5.41, 5.74) is 2.08. The van der Waals surface area contributed by atoms with Gasteiger partial charge in [-0.25, -0.2) is 9.37 Å². The fraction of sp³-hybridized carbons (Fsp3) is 0.412. The number of aliphatic imine (C=N–C) groups is 1. The van der Waals surface area contributed by atoms with Gasteiger partial charge in [-0.05, 0) is 31.0 Å². The van der Waals surface area contributed by atoms with E-state index in [2.05, 4.69) is 34.5 Å². The van der Waals surface area contributed by atoms with Gasteiger partial charge < -0.3 is 10.6 Å². The minimum absolute atomic E-state index is 0.224. The molecule has 2 rings (SSSR count). The first-order valence-electron chi connectivity index (χ1n) is 7.76. The van der Waals surface area contributed by atoms with E-state index in [4.69, 9.17) is 0 Å². The molecule has 0 aliphatic heterocycles. The molecule has 0 radical (unpaired) electrons. The van der Waals surface area contributed by atoms with Crippen LogP contribution in [0.4, 0.5) is 4.39 Å². The third kappa shape index (κ3) is 5.32. The van der Waals surface area contributed by atoms with Crippen molar-refractivity contribution in [2.45, 2.75) is 33.2 Å². The van der Waals surface area contributed by atoms with E-state index in [-0.39, 0.29) is 5.82 Å². The summed E-state index contributed by atoms with van der Waals surface area (Å²) in [5, 5.41) is 7.59. The molecule has 6 heteroatoms. The number of rotatable bonds is 6. The van der Waals surface area contributed by atoms with Gasteiger partial charge in [-0.15, -0.1) is 11.3 Å². The van der Waals surface area contributed by atoms with Crippen molar-refractivity contribution in [2.75, 3.05) is 13.6 Å². The van der Waals surface area contributed by atoms with Crippen LogP contribution >= 0.6 is 11.3 Å². The number of nitrogens with zero attached hydrogens (tertiary/aromatic N) is 2. The quantitative estimate of drug-likeness (QED) is 0.630. The zero-order valence-corrected chi connectivity index (χ0v) is 14.6. The van der Waals surface area contributed by atoms with E-state index in [1.807, 2.05) is 6.07 Å². The van der Waals surface area contributed by atoms with Crippen LogP contribution < -0.4 is 10.6 Å². The Bertz CT molecular complexity index is 666. The molecular weight excluding hydrogens is 311 g/mol. The maximum Gasteiger partial charge on any atom is 0.191 e. The third-order valence-electron chi connectivity index (χ3n) is 3.48. The van der Waals surface area contributed by atoms with Crippen LogP contribution in [0.5, 0.6) is 0 Å². The molecule has 2 N–H and O–H groups in total. The lowest BCUT2D eigenvalue weighted by atomic mass is 10.2. The zero-order valence-electron chi connectivity index (χ0n) is 13.8. The minimum Gasteiger partial charge on any atom is -0.356 e. The Labute approximate surface area is 140 Å². The van der Waals surface area contributed by atoms with Crippen molar-refractivity contribution in [1.29, 1.82) is 0 Å². The maximum absolute atomic E-state index is 13.1. The standard InChI is InChI=1S/C17H23FN4S/c1-4-15-12(2)23-16(22-15)8-9-20-17(19-3)21-11-13-6-5-7-14(18)10-13/h5-7,10H,4,8-9,11H2,1-3H3,(H2,19,20,21). The van der Waals surface area contributed by atoms with Crippen molar-refractivity contribution in [1.82, 2.24) is 15.6 Å². The van der Waals surface area contributed by atoms with Crippen LogP contribution in [-0.2, 0) is 19.4 Å². The van der Waals surface area contributed by atoms with Gasteiger partial charge in [0.15, 0.2) is 5.96 Å². The van der Waals surface area contributed by atoms with E-state index in [0.717, 1.165) is 30.0 Å². The number of nitrogens with one attached hydrogen (secondary N) is 2. The fourth-order valence-corrected chi connectivity index (χ4v) is 3.28. The van der Waals surface area contributed by atoms with E-state index in [9.17, 15) is 4.39 Å². The Kier molecular flexibility index (Phi) is 6.52. The summed E-state index contributed by atoms with van der Waals surface area (Å²) in [5.74, 6) is 0.483. The summed E-state index contributed by atoms with van der Waals surface area (Å²) in [6, 6.07) is 6.55. The van der Waals surface area contributed by atoms with Crippen LogP contribution in [0.1, 0.15) is 28.1 Å². The van der Waals surface area contributed by atoms with Gasteiger partial charge in [-0.2, -0.15) is 0 Å². The molecule has 0 spiro atoms. The topological polar surface area (TPSA) is 49.3 Å². The highest BCUT2D eigenvalue weighted by Gasteiger charge is 2.06. The number of guanidine groups is 1. The Morgan fingerprint density at radius 2 is 2.17 bits per heavy atom. The second-order valence-corrected chi connectivity index (χ2v) is 6.48. The lowest BCUT2D eigenvalue weighted by Crippen LogP contribution is -2.37. The van der Waals surface area contributed by atoms with Gasteiger partial charge in [0.2, 0.25) is 0 Å². The van der Waals surface area contributed by atoms with Crippen molar-refractivity contribution in [2.24, 2.45) is 4.99 Å². The fourth-order valence-electron chi connectivity index (χ4n) is 2.26. The van der Waals surface area contributed by atoms with E-state index in [0.29, 0.717) is 12.5 Å². The monoisotopic (exact) mass is 334 g/mol. The Morgan fingerprint density at radius 1 is 1.35 bits per heavy atom. The summed E-state index contributed by atoms with van der Waals surface area (Å²) >= 11 is 1.76. The normalized spacial score (nSPS) is 11.6. The van der Waals surface area contributed by atoms with Gasteiger partial charge in [0.1, 0.15) is 5.82 Å². The predicted octanol–water partition coefficient (Wildman–Crippen LogP) is 3.06. The van der Waals surface area contributed by atoms with Gasteiger partial charge in [-0.1, -0.05) is 19.1 Å². The van der Waals surface area contributed by atoms with E-state index < -0.39 is 0 Å². The minimum atomic E-state index is -0.224. The lowest BCUT2D eigenvalue weighted by molar-refractivity contribution is 0.624. The molecule has 4 nitrogen and oxygen atoms in total. The molecule has 0 amide bonds. The number of halogens is 1. The number of benzene rings is 1. The number of aromatic nitrogens is 1. The van der Waals surface area contributed by atoms with Gasteiger partial charge in [0.25, 0.3) is 0 Å². The molecule has 124 valence electrons. The van der Waals surface area contributed by atoms with Crippen LogP contribution in [0.25, 0.3) is 0 Å². The first-order chi connectivity index (χ1) is 11.1. The van der Waals surface area contributed by atoms with Crippen LogP contribution in [0.3, 0.4) is 0 Å².